The van der Waals surface area contributed by atoms with Crippen LogP contribution < -0.4 is 5.32 Å². The van der Waals surface area contributed by atoms with Gasteiger partial charge in [-0.2, -0.15) is 0 Å². The maximum absolute atomic E-state index is 5.31. The van der Waals surface area contributed by atoms with Crippen LogP contribution in [0, 0.1) is 0 Å². The van der Waals surface area contributed by atoms with E-state index in [1.165, 1.54) is 19.3 Å². The second-order valence-electron chi connectivity index (χ2n) is 6.20. The first-order valence-electron chi connectivity index (χ1n) is 8.55. The summed E-state index contributed by atoms with van der Waals surface area (Å²) in [5, 5.41) is 3.25. The van der Waals surface area contributed by atoms with Crippen LogP contribution in [0.1, 0.15) is 31.1 Å². The molecule has 0 unspecified atom stereocenters. The second kappa shape index (κ2) is 7.03. The summed E-state index contributed by atoms with van der Waals surface area (Å²) < 4.78 is 7.59. The molecule has 2 aromatic heterocycles. The first-order chi connectivity index (χ1) is 12.3. The molecule has 128 valence electrons. The van der Waals surface area contributed by atoms with Crippen LogP contribution in [-0.2, 0) is 11.3 Å². The third-order valence-electron chi connectivity index (χ3n) is 4.53. The van der Waals surface area contributed by atoms with Gasteiger partial charge >= 0.3 is 0 Å². The molecular weight excluding hydrogens is 314 g/mol. The summed E-state index contributed by atoms with van der Waals surface area (Å²) in [5.41, 5.74) is 2.86. The SMILES string of the molecule is COCc1ncc(-c2ccnc(Nc3ccccc3)n2)n1C1CCC1. The van der Waals surface area contributed by atoms with Gasteiger partial charge in [-0.15, -0.1) is 0 Å². The van der Waals surface area contributed by atoms with Gasteiger partial charge in [0.1, 0.15) is 12.4 Å². The van der Waals surface area contributed by atoms with E-state index in [0.29, 0.717) is 18.6 Å². The molecule has 1 aliphatic carbocycles. The van der Waals surface area contributed by atoms with Crippen LogP contribution in [0.15, 0.2) is 48.8 Å². The van der Waals surface area contributed by atoms with Gasteiger partial charge in [-0.25, -0.2) is 15.0 Å². The van der Waals surface area contributed by atoms with Gasteiger partial charge in [0.2, 0.25) is 5.95 Å². The third kappa shape index (κ3) is 3.25. The number of methoxy groups -OCH3 is 1. The van der Waals surface area contributed by atoms with Gasteiger partial charge < -0.3 is 14.6 Å². The van der Waals surface area contributed by atoms with E-state index >= 15 is 0 Å². The van der Waals surface area contributed by atoms with Crippen LogP contribution in [0.2, 0.25) is 0 Å². The molecule has 1 aromatic carbocycles. The van der Waals surface area contributed by atoms with Crippen molar-refractivity contribution in [3.8, 4) is 11.4 Å². The van der Waals surface area contributed by atoms with Gasteiger partial charge in [0.05, 0.1) is 17.6 Å². The lowest BCUT2D eigenvalue weighted by molar-refractivity contribution is 0.167. The van der Waals surface area contributed by atoms with E-state index < -0.39 is 0 Å². The van der Waals surface area contributed by atoms with E-state index in [2.05, 4.69) is 24.8 Å². The van der Waals surface area contributed by atoms with Crippen LogP contribution in [0.25, 0.3) is 11.4 Å². The first-order valence-corrected chi connectivity index (χ1v) is 8.55. The quantitative estimate of drug-likeness (QED) is 0.739. The van der Waals surface area contributed by atoms with Crippen molar-refractivity contribution in [1.82, 2.24) is 19.5 Å². The van der Waals surface area contributed by atoms with Crippen molar-refractivity contribution in [2.45, 2.75) is 31.9 Å². The number of rotatable bonds is 6. The van der Waals surface area contributed by atoms with Crippen LogP contribution >= 0.6 is 0 Å². The molecule has 0 aliphatic heterocycles. The number of nitrogens with zero attached hydrogens (tertiary/aromatic N) is 4. The predicted octanol–water partition coefficient (Wildman–Crippen LogP) is 3.96. The Morgan fingerprint density at radius 3 is 2.72 bits per heavy atom. The molecule has 2 heterocycles. The number of benzene rings is 1. The lowest BCUT2D eigenvalue weighted by atomic mass is 9.92. The van der Waals surface area contributed by atoms with E-state index in [9.17, 15) is 0 Å². The third-order valence-corrected chi connectivity index (χ3v) is 4.53. The van der Waals surface area contributed by atoms with Gasteiger partial charge in [-0.3, -0.25) is 0 Å². The number of aromatic nitrogens is 4. The molecule has 1 fully saturated rings. The summed E-state index contributed by atoms with van der Waals surface area (Å²) in [6, 6.07) is 12.3. The topological polar surface area (TPSA) is 64.9 Å². The second-order valence-corrected chi connectivity index (χ2v) is 6.20. The number of nitrogens with one attached hydrogen (secondary N) is 1. The van der Waals surface area contributed by atoms with Crippen molar-refractivity contribution in [3.05, 3.63) is 54.6 Å². The van der Waals surface area contributed by atoms with Gasteiger partial charge in [-0.1, -0.05) is 18.2 Å². The number of para-hydroxylation sites is 1. The molecule has 6 heteroatoms. The predicted molar refractivity (Wildman–Crippen MR) is 96.6 cm³/mol. The first kappa shape index (κ1) is 15.8. The van der Waals surface area contributed by atoms with Gasteiger partial charge in [-0.05, 0) is 37.5 Å². The lowest BCUT2D eigenvalue weighted by Crippen LogP contribution is -2.20. The van der Waals surface area contributed by atoms with E-state index in [4.69, 9.17) is 4.74 Å². The van der Waals surface area contributed by atoms with Crippen molar-refractivity contribution in [3.63, 3.8) is 0 Å². The van der Waals surface area contributed by atoms with Crippen LogP contribution in [0.4, 0.5) is 11.6 Å². The summed E-state index contributed by atoms with van der Waals surface area (Å²) >= 11 is 0. The summed E-state index contributed by atoms with van der Waals surface area (Å²) in [4.78, 5) is 13.6. The fourth-order valence-electron chi connectivity index (χ4n) is 3.09. The van der Waals surface area contributed by atoms with Crippen LogP contribution in [0.3, 0.4) is 0 Å². The fraction of sp³-hybridized carbons (Fsp3) is 0.316. The Kier molecular flexibility index (Phi) is 4.43. The summed E-state index contributed by atoms with van der Waals surface area (Å²) in [5.74, 6) is 1.54. The lowest BCUT2D eigenvalue weighted by Gasteiger charge is -2.30. The minimum Gasteiger partial charge on any atom is -0.377 e. The standard InChI is InChI=1S/C19H21N5O/c1-25-13-18-21-12-17(24(18)15-8-5-9-15)16-10-11-20-19(23-16)22-14-6-3-2-4-7-14/h2-4,6-7,10-12,15H,5,8-9,13H2,1H3,(H,20,22,23). The minimum atomic E-state index is 0.489. The highest BCUT2D eigenvalue weighted by atomic mass is 16.5. The van der Waals surface area contributed by atoms with Crippen LogP contribution in [0.5, 0.6) is 0 Å². The average molecular weight is 335 g/mol. The molecule has 0 amide bonds. The highest BCUT2D eigenvalue weighted by molar-refractivity contribution is 5.59. The highest BCUT2D eigenvalue weighted by Crippen LogP contribution is 2.36. The summed E-state index contributed by atoms with van der Waals surface area (Å²) in [6.45, 7) is 0.511. The number of hydrogen-bond acceptors (Lipinski definition) is 5. The Morgan fingerprint density at radius 1 is 1.16 bits per heavy atom. The zero-order valence-corrected chi connectivity index (χ0v) is 14.2. The Morgan fingerprint density at radius 2 is 2.00 bits per heavy atom. The molecular formula is C19H21N5O. The Labute approximate surface area is 146 Å². The molecule has 1 aliphatic rings. The number of imidazole rings is 1. The van der Waals surface area contributed by atoms with E-state index in [1.54, 1.807) is 13.3 Å². The van der Waals surface area contributed by atoms with Gasteiger partial charge in [0, 0.05) is 25.0 Å². The van der Waals surface area contributed by atoms with Crippen molar-refractivity contribution in [1.29, 1.82) is 0 Å². The molecule has 25 heavy (non-hydrogen) atoms. The number of anilines is 2. The van der Waals surface area contributed by atoms with E-state index in [-0.39, 0.29) is 0 Å². The maximum Gasteiger partial charge on any atom is 0.227 e. The monoisotopic (exact) mass is 335 g/mol. The van der Waals surface area contributed by atoms with Crippen molar-refractivity contribution < 1.29 is 4.74 Å². The minimum absolute atomic E-state index is 0.489. The summed E-state index contributed by atoms with van der Waals surface area (Å²) in [7, 11) is 1.70. The summed E-state index contributed by atoms with van der Waals surface area (Å²) in [6.07, 6.45) is 7.29. The zero-order valence-electron chi connectivity index (χ0n) is 14.2. The highest BCUT2D eigenvalue weighted by Gasteiger charge is 2.25. The molecule has 1 saturated carbocycles. The molecule has 0 atom stereocenters. The number of hydrogen-bond donors (Lipinski definition) is 1. The Balaban J connectivity index is 1.67. The van der Waals surface area contributed by atoms with Crippen molar-refractivity contribution >= 4 is 11.6 Å². The average Bonchev–Trinajstić information content (AvgIpc) is 2.98. The molecule has 1 N–H and O–H groups in total. The molecule has 0 saturated heterocycles. The molecule has 0 spiro atoms. The van der Waals surface area contributed by atoms with E-state index in [1.807, 2.05) is 42.6 Å². The molecule has 0 bridgehead atoms. The fourth-order valence-corrected chi connectivity index (χ4v) is 3.09. The van der Waals surface area contributed by atoms with E-state index in [0.717, 1.165) is 22.9 Å². The van der Waals surface area contributed by atoms with Crippen LogP contribution in [-0.4, -0.2) is 26.6 Å². The molecule has 6 nitrogen and oxygen atoms in total. The smallest absolute Gasteiger partial charge is 0.227 e. The van der Waals surface area contributed by atoms with Gasteiger partial charge in [0.15, 0.2) is 0 Å². The maximum atomic E-state index is 5.31. The Bertz CT molecular complexity index is 842. The molecule has 3 aromatic rings. The molecule has 4 rings (SSSR count). The van der Waals surface area contributed by atoms with Crippen molar-refractivity contribution in [2.24, 2.45) is 0 Å². The molecule has 0 radical (unpaired) electrons. The van der Waals surface area contributed by atoms with Gasteiger partial charge in [0.25, 0.3) is 0 Å². The number of ether oxygens (including phenoxy) is 1. The Hall–Kier alpha value is -2.73. The normalized spacial score (nSPS) is 14.3. The zero-order chi connectivity index (χ0) is 17.1. The largest absolute Gasteiger partial charge is 0.377 e. The van der Waals surface area contributed by atoms with Crippen molar-refractivity contribution in [2.75, 3.05) is 12.4 Å².